The lowest BCUT2D eigenvalue weighted by atomic mass is 10.3. The molecule has 0 radical (unpaired) electrons. The zero-order chi connectivity index (χ0) is 9.07. The van der Waals surface area contributed by atoms with Crippen molar-refractivity contribution < 1.29 is 9.79 Å². The average molecular weight is 179 g/mol. The molecule has 0 aliphatic rings. The summed E-state index contributed by atoms with van der Waals surface area (Å²) in [6, 6.07) is 0. The summed E-state index contributed by atoms with van der Waals surface area (Å²) in [4.78, 5) is 19.0. The zero-order valence-corrected chi connectivity index (χ0v) is 8.80. The van der Waals surface area contributed by atoms with Gasteiger partial charge in [-0.05, 0) is 11.8 Å². The standard InChI is InChI=1S/C8H20O2P/c1-7(2)5-11(9,10)6-8(3)4/h7-10H,5-6H2,1-4H3/q+1. The number of hydrogen-bond acceptors (Lipinski definition) is 2. The van der Waals surface area contributed by atoms with E-state index in [1.54, 1.807) is 0 Å². The molecule has 0 aromatic heterocycles. The van der Waals surface area contributed by atoms with E-state index in [2.05, 4.69) is 0 Å². The Bertz CT molecular complexity index is 98.7. The van der Waals surface area contributed by atoms with Gasteiger partial charge in [0.15, 0.2) is 0 Å². The smallest absolute Gasteiger partial charge is 0.220 e. The van der Waals surface area contributed by atoms with E-state index in [0.29, 0.717) is 24.2 Å². The van der Waals surface area contributed by atoms with Gasteiger partial charge >= 0.3 is 0 Å². The van der Waals surface area contributed by atoms with E-state index in [-0.39, 0.29) is 0 Å². The summed E-state index contributed by atoms with van der Waals surface area (Å²) < 4.78 is 0. The van der Waals surface area contributed by atoms with Crippen LogP contribution in [0.5, 0.6) is 0 Å². The van der Waals surface area contributed by atoms with E-state index >= 15 is 0 Å². The highest BCUT2D eigenvalue weighted by molar-refractivity contribution is 7.64. The van der Waals surface area contributed by atoms with Crippen LogP contribution in [0, 0.1) is 11.8 Å². The van der Waals surface area contributed by atoms with E-state index in [1.165, 1.54) is 0 Å². The van der Waals surface area contributed by atoms with Crippen molar-refractivity contribution in [2.24, 2.45) is 11.8 Å². The molecule has 0 aliphatic carbocycles. The van der Waals surface area contributed by atoms with Gasteiger partial charge in [0.2, 0.25) is 0 Å². The molecule has 68 valence electrons. The molecule has 0 atom stereocenters. The van der Waals surface area contributed by atoms with Crippen molar-refractivity contribution in [1.82, 2.24) is 0 Å². The van der Waals surface area contributed by atoms with Crippen molar-refractivity contribution >= 4 is 7.72 Å². The molecule has 0 saturated carbocycles. The molecule has 0 rings (SSSR count). The van der Waals surface area contributed by atoms with Gasteiger partial charge in [0.1, 0.15) is 12.3 Å². The summed E-state index contributed by atoms with van der Waals surface area (Å²) in [5, 5.41) is 0. The van der Waals surface area contributed by atoms with Gasteiger partial charge in [-0.3, -0.25) is 0 Å². The molecule has 3 heteroatoms. The molecule has 0 aromatic carbocycles. The second kappa shape index (κ2) is 4.39. The van der Waals surface area contributed by atoms with Gasteiger partial charge < -0.3 is 0 Å². The fourth-order valence-electron chi connectivity index (χ4n) is 1.24. The third kappa shape index (κ3) is 6.74. The SMILES string of the molecule is CC(C)C[P+](O)(O)CC(C)C. The lowest BCUT2D eigenvalue weighted by Gasteiger charge is -2.16. The Balaban J connectivity index is 3.79. The van der Waals surface area contributed by atoms with Crippen molar-refractivity contribution in [3.8, 4) is 0 Å². The molecule has 0 unspecified atom stereocenters. The predicted molar refractivity (Wildman–Crippen MR) is 50.8 cm³/mol. The van der Waals surface area contributed by atoms with Crippen LogP contribution in [0.25, 0.3) is 0 Å². The van der Waals surface area contributed by atoms with Crippen LogP contribution >= 0.6 is 7.72 Å². The van der Waals surface area contributed by atoms with Crippen molar-refractivity contribution in [2.75, 3.05) is 12.3 Å². The topological polar surface area (TPSA) is 40.5 Å². The Hall–Kier alpha value is 0.350. The van der Waals surface area contributed by atoms with E-state index in [9.17, 15) is 9.79 Å². The number of hydrogen-bond donors (Lipinski definition) is 2. The Morgan fingerprint density at radius 3 is 1.36 bits per heavy atom. The van der Waals surface area contributed by atoms with E-state index < -0.39 is 7.72 Å². The summed E-state index contributed by atoms with van der Waals surface area (Å²) in [6.45, 7) is 8.06. The largest absolute Gasteiger partial charge is 0.268 e. The minimum atomic E-state index is -2.55. The molecule has 0 fully saturated rings. The van der Waals surface area contributed by atoms with Gasteiger partial charge in [0.25, 0.3) is 7.72 Å². The third-order valence-corrected chi connectivity index (χ3v) is 3.95. The second-order valence-corrected chi connectivity index (χ2v) is 6.52. The predicted octanol–water partition coefficient (Wildman–Crippen LogP) is 2.13. The summed E-state index contributed by atoms with van der Waals surface area (Å²) in [5.74, 6) is 0.772. The number of rotatable bonds is 4. The summed E-state index contributed by atoms with van der Waals surface area (Å²) in [6.07, 6.45) is 1.15. The van der Waals surface area contributed by atoms with Crippen LogP contribution in [0.1, 0.15) is 27.7 Å². The minimum Gasteiger partial charge on any atom is -0.220 e. The van der Waals surface area contributed by atoms with Crippen LogP contribution in [0.15, 0.2) is 0 Å². The Morgan fingerprint density at radius 1 is 0.909 bits per heavy atom. The first-order valence-electron chi connectivity index (χ1n) is 4.16. The van der Waals surface area contributed by atoms with E-state index in [4.69, 9.17) is 0 Å². The van der Waals surface area contributed by atoms with Crippen LogP contribution < -0.4 is 0 Å². The maximum absolute atomic E-state index is 9.52. The summed E-state index contributed by atoms with van der Waals surface area (Å²) in [7, 11) is -2.55. The fourth-order valence-corrected chi connectivity index (χ4v) is 3.73. The van der Waals surface area contributed by atoms with Crippen molar-refractivity contribution in [3.63, 3.8) is 0 Å². The maximum atomic E-state index is 9.52. The van der Waals surface area contributed by atoms with E-state index in [1.807, 2.05) is 27.7 Å². The van der Waals surface area contributed by atoms with Crippen molar-refractivity contribution in [2.45, 2.75) is 27.7 Å². The van der Waals surface area contributed by atoms with Crippen LogP contribution in [0.3, 0.4) is 0 Å². The Morgan fingerprint density at radius 2 is 1.18 bits per heavy atom. The van der Waals surface area contributed by atoms with Crippen LogP contribution in [0.2, 0.25) is 0 Å². The molecule has 0 amide bonds. The molecular formula is C8H20O2P+. The van der Waals surface area contributed by atoms with Gasteiger partial charge in [-0.25, -0.2) is 9.79 Å². The summed E-state index contributed by atoms with van der Waals surface area (Å²) in [5.41, 5.74) is 0. The van der Waals surface area contributed by atoms with Crippen LogP contribution in [0.4, 0.5) is 0 Å². The molecule has 0 heterocycles. The second-order valence-electron chi connectivity index (χ2n) is 4.03. The highest BCUT2D eigenvalue weighted by Crippen LogP contribution is 2.52. The van der Waals surface area contributed by atoms with Crippen LogP contribution in [-0.2, 0) is 0 Å². The lowest BCUT2D eigenvalue weighted by Crippen LogP contribution is -2.10. The molecule has 0 aliphatic heterocycles. The first-order chi connectivity index (χ1) is 4.83. The molecule has 0 aromatic rings. The lowest BCUT2D eigenvalue weighted by molar-refractivity contribution is 0.428. The van der Waals surface area contributed by atoms with Gasteiger partial charge in [-0.1, -0.05) is 27.7 Å². The normalized spacial score (nSPS) is 13.1. The Labute approximate surface area is 70.1 Å². The molecule has 2 nitrogen and oxygen atoms in total. The highest BCUT2D eigenvalue weighted by atomic mass is 31.2. The average Bonchev–Trinajstić information content (AvgIpc) is 1.53. The Kier molecular flexibility index (Phi) is 4.53. The molecule has 0 saturated heterocycles. The van der Waals surface area contributed by atoms with Gasteiger partial charge in [-0.15, -0.1) is 0 Å². The molecule has 0 bridgehead atoms. The fraction of sp³-hybridized carbons (Fsp3) is 1.00. The van der Waals surface area contributed by atoms with Gasteiger partial charge in [-0.2, -0.15) is 0 Å². The van der Waals surface area contributed by atoms with Crippen LogP contribution in [-0.4, -0.2) is 22.1 Å². The first-order valence-corrected chi connectivity index (χ1v) is 6.22. The van der Waals surface area contributed by atoms with Gasteiger partial charge in [0, 0.05) is 0 Å². The van der Waals surface area contributed by atoms with Crippen molar-refractivity contribution in [1.29, 1.82) is 0 Å². The van der Waals surface area contributed by atoms with Crippen molar-refractivity contribution in [3.05, 3.63) is 0 Å². The minimum absolute atomic E-state index is 0.386. The molecule has 2 N–H and O–H groups in total. The summed E-state index contributed by atoms with van der Waals surface area (Å²) >= 11 is 0. The maximum Gasteiger partial charge on any atom is 0.268 e. The first kappa shape index (κ1) is 11.4. The van der Waals surface area contributed by atoms with E-state index in [0.717, 1.165) is 0 Å². The monoisotopic (exact) mass is 179 g/mol. The highest BCUT2D eigenvalue weighted by Gasteiger charge is 2.34. The quantitative estimate of drug-likeness (QED) is 0.649. The third-order valence-electron chi connectivity index (χ3n) is 1.32. The molecule has 11 heavy (non-hydrogen) atoms. The zero-order valence-electron chi connectivity index (χ0n) is 7.91. The molecule has 0 spiro atoms. The molecular weight excluding hydrogens is 159 g/mol. The van der Waals surface area contributed by atoms with Gasteiger partial charge in [0.05, 0.1) is 0 Å².